The fourth-order valence-electron chi connectivity index (χ4n) is 3.04. The molecule has 0 aliphatic carbocycles. The molecule has 0 aliphatic heterocycles. The van der Waals surface area contributed by atoms with Crippen LogP contribution in [0.2, 0.25) is 0 Å². The van der Waals surface area contributed by atoms with Gasteiger partial charge >= 0.3 is 0 Å². The van der Waals surface area contributed by atoms with Crippen LogP contribution in [-0.4, -0.2) is 17.4 Å². The number of nitrogens with one attached hydrogen (secondary N) is 1. The van der Waals surface area contributed by atoms with Gasteiger partial charge in [0.1, 0.15) is 0 Å². The third kappa shape index (κ3) is 4.37. The second kappa shape index (κ2) is 8.43. The van der Waals surface area contributed by atoms with E-state index in [9.17, 15) is 4.79 Å². The lowest BCUT2D eigenvalue weighted by Gasteiger charge is -2.13. The second-order valence-electron chi connectivity index (χ2n) is 6.65. The summed E-state index contributed by atoms with van der Waals surface area (Å²) in [6, 6.07) is 22.0. The SMILES string of the molecule is CC(C)c1ccccc1-c1cccc(C(=O)NCCc2ccccn2)c1. The first-order chi connectivity index (χ1) is 12.6. The summed E-state index contributed by atoms with van der Waals surface area (Å²) in [5.41, 5.74) is 5.21. The van der Waals surface area contributed by atoms with Crippen molar-refractivity contribution >= 4 is 5.91 Å². The molecule has 3 heteroatoms. The molecule has 132 valence electrons. The molecule has 0 spiro atoms. The van der Waals surface area contributed by atoms with Crippen LogP contribution in [0.1, 0.15) is 41.4 Å². The molecule has 0 fully saturated rings. The third-order valence-corrected chi connectivity index (χ3v) is 4.41. The summed E-state index contributed by atoms with van der Waals surface area (Å²) in [6.07, 6.45) is 2.50. The summed E-state index contributed by atoms with van der Waals surface area (Å²) in [5, 5.41) is 2.98. The van der Waals surface area contributed by atoms with Gasteiger partial charge < -0.3 is 5.32 Å². The molecular formula is C23H24N2O. The van der Waals surface area contributed by atoms with Crippen LogP contribution in [0.5, 0.6) is 0 Å². The van der Waals surface area contributed by atoms with Crippen molar-refractivity contribution in [2.24, 2.45) is 0 Å². The van der Waals surface area contributed by atoms with Crippen LogP contribution in [0.15, 0.2) is 72.9 Å². The molecule has 0 atom stereocenters. The number of benzene rings is 2. The fraction of sp³-hybridized carbons (Fsp3) is 0.217. The Bertz CT molecular complexity index is 872. The van der Waals surface area contributed by atoms with E-state index in [1.54, 1.807) is 6.20 Å². The molecule has 2 aromatic carbocycles. The van der Waals surface area contributed by atoms with Gasteiger partial charge in [-0.3, -0.25) is 9.78 Å². The lowest BCUT2D eigenvalue weighted by atomic mass is 9.92. The molecule has 1 aromatic heterocycles. The van der Waals surface area contributed by atoms with Crippen molar-refractivity contribution in [3.05, 3.63) is 89.7 Å². The van der Waals surface area contributed by atoms with E-state index in [1.165, 1.54) is 11.1 Å². The first kappa shape index (κ1) is 17.9. The minimum Gasteiger partial charge on any atom is -0.352 e. The van der Waals surface area contributed by atoms with E-state index in [1.807, 2.05) is 42.5 Å². The fourth-order valence-corrected chi connectivity index (χ4v) is 3.04. The lowest BCUT2D eigenvalue weighted by Crippen LogP contribution is -2.25. The number of rotatable bonds is 6. The van der Waals surface area contributed by atoms with E-state index in [-0.39, 0.29) is 5.91 Å². The molecule has 0 bridgehead atoms. The van der Waals surface area contributed by atoms with Crippen molar-refractivity contribution in [1.82, 2.24) is 10.3 Å². The predicted octanol–water partition coefficient (Wildman–Crippen LogP) is 4.84. The molecule has 3 aromatic rings. The van der Waals surface area contributed by atoms with E-state index in [0.29, 0.717) is 18.0 Å². The molecule has 0 saturated carbocycles. The van der Waals surface area contributed by atoms with Crippen LogP contribution in [0.3, 0.4) is 0 Å². The minimum absolute atomic E-state index is 0.0511. The zero-order chi connectivity index (χ0) is 18.4. The topological polar surface area (TPSA) is 42.0 Å². The van der Waals surface area contributed by atoms with Crippen molar-refractivity contribution < 1.29 is 4.79 Å². The third-order valence-electron chi connectivity index (χ3n) is 4.41. The van der Waals surface area contributed by atoms with Crippen molar-refractivity contribution in [1.29, 1.82) is 0 Å². The van der Waals surface area contributed by atoms with Crippen LogP contribution in [0, 0.1) is 0 Å². The first-order valence-corrected chi connectivity index (χ1v) is 9.02. The highest BCUT2D eigenvalue weighted by atomic mass is 16.1. The van der Waals surface area contributed by atoms with E-state index >= 15 is 0 Å². The highest BCUT2D eigenvalue weighted by Gasteiger charge is 2.11. The Kier molecular flexibility index (Phi) is 5.80. The van der Waals surface area contributed by atoms with Crippen LogP contribution in [0.4, 0.5) is 0 Å². The molecule has 0 saturated heterocycles. The highest BCUT2D eigenvalue weighted by molar-refractivity contribution is 5.95. The smallest absolute Gasteiger partial charge is 0.251 e. The van der Waals surface area contributed by atoms with E-state index in [0.717, 1.165) is 17.7 Å². The monoisotopic (exact) mass is 344 g/mol. The average molecular weight is 344 g/mol. The quantitative estimate of drug-likeness (QED) is 0.695. The number of hydrogen-bond acceptors (Lipinski definition) is 2. The lowest BCUT2D eigenvalue weighted by molar-refractivity contribution is 0.0954. The van der Waals surface area contributed by atoms with Gasteiger partial charge in [-0.2, -0.15) is 0 Å². The summed E-state index contributed by atoms with van der Waals surface area (Å²) in [5.74, 6) is 0.381. The van der Waals surface area contributed by atoms with Gasteiger partial charge in [0.05, 0.1) is 0 Å². The van der Waals surface area contributed by atoms with Gasteiger partial charge in [0.2, 0.25) is 0 Å². The average Bonchev–Trinajstić information content (AvgIpc) is 2.69. The van der Waals surface area contributed by atoms with Crippen molar-refractivity contribution in [3.63, 3.8) is 0 Å². The molecular weight excluding hydrogens is 320 g/mol. The molecule has 0 radical (unpaired) electrons. The standard InChI is InChI=1S/C23H24N2O/c1-17(2)21-11-3-4-12-22(21)18-8-7-9-19(16-18)23(26)25-15-13-20-10-5-6-14-24-20/h3-12,14,16-17H,13,15H2,1-2H3,(H,25,26). The molecule has 1 heterocycles. The molecule has 3 nitrogen and oxygen atoms in total. The van der Waals surface area contributed by atoms with Crippen molar-refractivity contribution in [3.8, 4) is 11.1 Å². The molecule has 1 N–H and O–H groups in total. The predicted molar refractivity (Wildman–Crippen MR) is 106 cm³/mol. The molecule has 26 heavy (non-hydrogen) atoms. The zero-order valence-corrected chi connectivity index (χ0v) is 15.3. The Morgan fingerprint density at radius 3 is 2.58 bits per heavy atom. The number of pyridine rings is 1. The number of amides is 1. The van der Waals surface area contributed by atoms with Crippen LogP contribution in [-0.2, 0) is 6.42 Å². The van der Waals surface area contributed by atoms with Crippen LogP contribution >= 0.6 is 0 Å². The Labute approximate surface area is 155 Å². The van der Waals surface area contributed by atoms with Crippen molar-refractivity contribution in [2.45, 2.75) is 26.2 Å². The number of carbonyl (C=O) groups is 1. The number of carbonyl (C=O) groups excluding carboxylic acids is 1. The minimum atomic E-state index is -0.0511. The van der Waals surface area contributed by atoms with E-state index in [2.05, 4.69) is 48.4 Å². The largest absolute Gasteiger partial charge is 0.352 e. The van der Waals surface area contributed by atoms with Crippen LogP contribution in [0.25, 0.3) is 11.1 Å². The van der Waals surface area contributed by atoms with Crippen LogP contribution < -0.4 is 5.32 Å². The highest BCUT2D eigenvalue weighted by Crippen LogP contribution is 2.29. The molecule has 0 unspecified atom stereocenters. The Hall–Kier alpha value is -2.94. The van der Waals surface area contributed by atoms with E-state index < -0.39 is 0 Å². The van der Waals surface area contributed by atoms with E-state index in [4.69, 9.17) is 0 Å². The molecule has 0 aliphatic rings. The van der Waals surface area contributed by atoms with Gasteiger partial charge in [-0.1, -0.05) is 56.3 Å². The Morgan fingerprint density at radius 2 is 1.81 bits per heavy atom. The molecule has 1 amide bonds. The summed E-state index contributed by atoms with van der Waals surface area (Å²) < 4.78 is 0. The van der Waals surface area contributed by atoms with Gasteiger partial charge in [0.25, 0.3) is 5.91 Å². The Morgan fingerprint density at radius 1 is 1.00 bits per heavy atom. The van der Waals surface area contributed by atoms with Gasteiger partial charge in [-0.05, 0) is 46.9 Å². The zero-order valence-electron chi connectivity index (χ0n) is 15.3. The normalized spacial score (nSPS) is 10.7. The summed E-state index contributed by atoms with van der Waals surface area (Å²) in [4.78, 5) is 16.8. The van der Waals surface area contributed by atoms with Gasteiger partial charge in [-0.15, -0.1) is 0 Å². The second-order valence-corrected chi connectivity index (χ2v) is 6.65. The van der Waals surface area contributed by atoms with Gasteiger partial charge in [0, 0.05) is 30.4 Å². The summed E-state index contributed by atoms with van der Waals surface area (Å²) >= 11 is 0. The Balaban J connectivity index is 1.72. The number of hydrogen-bond donors (Lipinski definition) is 1. The number of aromatic nitrogens is 1. The van der Waals surface area contributed by atoms with Crippen molar-refractivity contribution in [2.75, 3.05) is 6.54 Å². The maximum absolute atomic E-state index is 12.5. The van der Waals surface area contributed by atoms with Gasteiger partial charge in [-0.25, -0.2) is 0 Å². The summed E-state index contributed by atoms with van der Waals surface area (Å²) in [6.45, 7) is 4.95. The number of nitrogens with zero attached hydrogens (tertiary/aromatic N) is 1. The maximum atomic E-state index is 12.5. The van der Waals surface area contributed by atoms with Gasteiger partial charge in [0.15, 0.2) is 0 Å². The molecule has 3 rings (SSSR count). The summed E-state index contributed by atoms with van der Waals surface area (Å²) in [7, 11) is 0. The maximum Gasteiger partial charge on any atom is 0.251 e. The first-order valence-electron chi connectivity index (χ1n) is 9.02.